The first-order chi connectivity index (χ1) is 37.6. The molecule has 6 amide bonds. The van der Waals surface area contributed by atoms with Crippen LogP contribution in [0.5, 0.6) is 17.2 Å². The number of hydrogen-bond donors (Lipinski definition) is 13. The Balaban J connectivity index is 1.89. The number of carbonyl (C=O) groups excluding carboxylic acids is 6. The number of unbranched alkanes of at least 4 members (excludes halogenated alkanes) is 10. The maximum absolute atomic E-state index is 14.4. The number of carboxylic acid groups (broad SMARTS) is 4. The zero-order chi connectivity index (χ0) is 58.3. The highest BCUT2D eigenvalue weighted by Crippen LogP contribution is 2.17. The SMILES string of the molecule is CCCCCCCCCCCCCC(=O)N[C@@H](CCC(=O)O)C(=O)N[C@@H](Cc1ccc(O)cc1)C(=O)N[C@@H](CCC(=O)O)C(=O)N[C@@H](Cc1ccc(O)cc1)C(=O)N[C@@H](CCC(=O)O)C(=O)N[C@@H](Cc1ccc(O)cc1)C(=O)O. The van der Waals surface area contributed by atoms with Crippen LogP contribution in [0.3, 0.4) is 0 Å². The molecule has 0 aromatic heterocycles. The summed E-state index contributed by atoms with van der Waals surface area (Å²) in [5.74, 6) is -11.9. The quantitative estimate of drug-likeness (QED) is 0.0357. The molecule has 79 heavy (non-hydrogen) atoms. The lowest BCUT2D eigenvalue weighted by Crippen LogP contribution is -2.60. The fourth-order valence-electron chi connectivity index (χ4n) is 8.41. The number of aromatic hydroxyl groups is 3. The minimum atomic E-state index is -1.77. The first-order valence-electron chi connectivity index (χ1n) is 26.7. The first-order valence-corrected chi connectivity index (χ1v) is 26.7. The van der Waals surface area contributed by atoms with Gasteiger partial charge in [0.2, 0.25) is 35.4 Å². The Labute approximate surface area is 458 Å². The highest BCUT2D eigenvalue weighted by molar-refractivity contribution is 5.97. The molecule has 13 N–H and O–H groups in total. The second kappa shape index (κ2) is 35.2. The van der Waals surface area contributed by atoms with Crippen molar-refractivity contribution >= 4 is 59.3 Å². The van der Waals surface area contributed by atoms with Crippen LogP contribution < -0.4 is 31.9 Å². The van der Waals surface area contributed by atoms with Gasteiger partial charge in [-0.15, -0.1) is 0 Å². The Morgan fingerprint density at radius 2 is 0.608 bits per heavy atom. The molecule has 432 valence electrons. The van der Waals surface area contributed by atoms with Crippen LogP contribution in [-0.4, -0.2) is 131 Å². The molecule has 0 unspecified atom stereocenters. The van der Waals surface area contributed by atoms with Gasteiger partial charge in [-0.05, 0) is 78.8 Å². The summed E-state index contributed by atoms with van der Waals surface area (Å²) >= 11 is 0. The summed E-state index contributed by atoms with van der Waals surface area (Å²) in [7, 11) is 0. The number of nitrogens with one attached hydrogen (secondary N) is 6. The largest absolute Gasteiger partial charge is 0.508 e. The number of aliphatic carboxylic acids is 4. The van der Waals surface area contributed by atoms with Crippen molar-refractivity contribution in [2.24, 2.45) is 0 Å². The second-order valence-corrected chi connectivity index (χ2v) is 19.5. The van der Waals surface area contributed by atoms with E-state index in [0.717, 1.165) is 32.1 Å². The van der Waals surface area contributed by atoms with Crippen molar-refractivity contribution in [2.75, 3.05) is 0 Å². The number of phenolic OH excluding ortho intramolecular Hbond substituents is 3. The van der Waals surface area contributed by atoms with E-state index in [-0.39, 0.29) is 49.4 Å². The zero-order valence-electron chi connectivity index (χ0n) is 44.5. The fraction of sp³-hybridized carbons (Fsp3) is 0.500. The number of hydrogen-bond acceptors (Lipinski definition) is 13. The Kier molecular flexibility index (Phi) is 29.0. The molecule has 0 aliphatic carbocycles. The molecular weight excluding hydrogens is 1030 g/mol. The van der Waals surface area contributed by atoms with Crippen molar-refractivity contribution in [3.05, 3.63) is 89.5 Å². The monoisotopic (exact) mass is 1100 g/mol. The molecule has 3 rings (SSSR count). The van der Waals surface area contributed by atoms with Crippen molar-refractivity contribution in [2.45, 2.75) is 178 Å². The predicted molar refractivity (Wildman–Crippen MR) is 286 cm³/mol. The third-order valence-electron chi connectivity index (χ3n) is 12.9. The standard InChI is InChI=1S/C56H76N6O17/c1-2-3-4-5-6-7-8-9-10-11-12-13-47(66)57-41(26-29-48(67)68)51(73)60-44(32-35-14-20-38(63)21-15-35)54(76)58-42(27-30-49(69)70)52(74)61-45(33-36-16-22-39(64)23-17-36)55(77)59-43(28-31-50(71)72)53(75)62-46(56(78)79)34-37-18-24-40(65)25-19-37/h14-25,41-46,63-65H,2-13,26-34H2,1H3,(H,57,66)(H,58,76)(H,59,77)(H,60,73)(H,61,74)(H,62,75)(H,67,68)(H,69,70)(H,71,72)(H,78,79)/t41-,42-,43-,44-,45-,46-/m0/s1. The summed E-state index contributed by atoms with van der Waals surface area (Å²) in [4.78, 5) is 131. The van der Waals surface area contributed by atoms with Gasteiger partial charge in [0.25, 0.3) is 0 Å². The molecule has 0 saturated carbocycles. The molecule has 3 aromatic carbocycles. The van der Waals surface area contributed by atoms with Gasteiger partial charge in [0.1, 0.15) is 53.5 Å². The molecule has 0 fully saturated rings. The van der Waals surface area contributed by atoms with E-state index in [1.807, 2.05) is 0 Å². The Morgan fingerprint density at radius 1 is 0.342 bits per heavy atom. The van der Waals surface area contributed by atoms with Gasteiger partial charge in [-0.2, -0.15) is 0 Å². The van der Waals surface area contributed by atoms with Crippen LogP contribution >= 0.6 is 0 Å². The normalized spacial score (nSPS) is 13.2. The Hall–Kier alpha value is -8.24. The minimum Gasteiger partial charge on any atom is -0.508 e. The van der Waals surface area contributed by atoms with E-state index in [1.54, 1.807) is 0 Å². The van der Waals surface area contributed by atoms with Gasteiger partial charge in [0.05, 0.1) is 0 Å². The lowest BCUT2D eigenvalue weighted by atomic mass is 10.0. The molecule has 23 heteroatoms. The van der Waals surface area contributed by atoms with Gasteiger partial charge in [-0.25, -0.2) is 4.79 Å². The number of amides is 6. The van der Waals surface area contributed by atoms with Crippen LogP contribution in [-0.2, 0) is 67.2 Å². The summed E-state index contributed by atoms with van der Waals surface area (Å²) in [6.45, 7) is 2.17. The lowest BCUT2D eigenvalue weighted by molar-refractivity contribution is -0.143. The molecule has 0 aliphatic rings. The Morgan fingerprint density at radius 3 is 0.924 bits per heavy atom. The Bertz CT molecular complexity index is 2470. The van der Waals surface area contributed by atoms with Crippen molar-refractivity contribution in [1.29, 1.82) is 0 Å². The highest BCUT2D eigenvalue weighted by atomic mass is 16.4. The average molecular weight is 1110 g/mol. The number of phenols is 3. The maximum Gasteiger partial charge on any atom is 0.326 e. The van der Waals surface area contributed by atoms with Crippen molar-refractivity contribution < 1.29 is 83.7 Å². The van der Waals surface area contributed by atoms with E-state index in [1.165, 1.54) is 105 Å². The molecular formula is C56H76N6O17. The molecule has 6 atom stereocenters. The second-order valence-electron chi connectivity index (χ2n) is 19.5. The van der Waals surface area contributed by atoms with Gasteiger partial charge in [0.15, 0.2) is 0 Å². The zero-order valence-corrected chi connectivity index (χ0v) is 44.5. The van der Waals surface area contributed by atoms with Crippen LogP contribution in [0.2, 0.25) is 0 Å². The molecule has 23 nitrogen and oxygen atoms in total. The average Bonchev–Trinajstić information content (AvgIpc) is 3.40. The molecule has 3 aromatic rings. The van der Waals surface area contributed by atoms with Crippen LogP contribution in [0.1, 0.15) is 139 Å². The van der Waals surface area contributed by atoms with Crippen LogP contribution in [0.4, 0.5) is 0 Å². The third-order valence-corrected chi connectivity index (χ3v) is 12.9. The maximum atomic E-state index is 14.4. The summed E-state index contributed by atoms with van der Waals surface area (Å²) in [6, 6.07) is 6.40. The molecule has 0 saturated heterocycles. The first kappa shape index (κ1) is 65.0. The van der Waals surface area contributed by atoms with E-state index in [9.17, 15) is 83.7 Å². The van der Waals surface area contributed by atoms with Crippen LogP contribution in [0.25, 0.3) is 0 Å². The van der Waals surface area contributed by atoms with Gasteiger partial charge in [0, 0.05) is 44.9 Å². The van der Waals surface area contributed by atoms with Crippen molar-refractivity contribution in [3.63, 3.8) is 0 Å². The van der Waals surface area contributed by atoms with E-state index >= 15 is 0 Å². The van der Waals surface area contributed by atoms with E-state index < -0.39 is 128 Å². The molecule has 0 aliphatic heterocycles. The van der Waals surface area contributed by atoms with E-state index in [0.29, 0.717) is 23.1 Å². The lowest BCUT2D eigenvalue weighted by Gasteiger charge is -2.27. The number of benzene rings is 3. The van der Waals surface area contributed by atoms with Crippen LogP contribution in [0.15, 0.2) is 72.8 Å². The van der Waals surface area contributed by atoms with Crippen molar-refractivity contribution in [3.8, 4) is 17.2 Å². The molecule has 0 radical (unpaired) electrons. The predicted octanol–water partition coefficient (Wildman–Crippen LogP) is 4.12. The molecule has 0 bridgehead atoms. The third kappa shape index (κ3) is 26.6. The number of carboxylic acids is 4. The number of rotatable bonds is 39. The summed E-state index contributed by atoms with van der Waals surface area (Å²) in [5.41, 5.74) is 1.07. The van der Waals surface area contributed by atoms with E-state index in [4.69, 9.17) is 0 Å². The number of carbonyl (C=O) groups is 10. The minimum absolute atomic E-state index is 0.0425. The fourth-order valence-corrected chi connectivity index (χ4v) is 8.41. The van der Waals surface area contributed by atoms with E-state index in [2.05, 4.69) is 38.8 Å². The topological polar surface area (TPSA) is 384 Å². The van der Waals surface area contributed by atoms with Gasteiger partial charge < -0.3 is 67.6 Å². The highest BCUT2D eigenvalue weighted by Gasteiger charge is 2.34. The summed E-state index contributed by atoms with van der Waals surface area (Å²) in [5, 5.41) is 83.0. The van der Waals surface area contributed by atoms with Gasteiger partial charge >= 0.3 is 23.9 Å². The van der Waals surface area contributed by atoms with Gasteiger partial charge in [-0.3, -0.25) is 43.2 Å². The van der Waals surface area contributed by atoms with Crippen LogP contribution in [0, 0.1) is 0 Å². The molecule has 0 heterocycles. The van der Waals surface area contributed by atoms with Crippen molar-refractivity contribution in [1.82, 2.24) is 31.9 Å². The summed E-state index contributed by atoms with van der Waals surface area (Å²) < 4.78 is 0. The molecule has 0 spiro atoms. The smallest absolute Gasteiger partial charge is 0.326 e. The summed E-state index contributed by atoms with van der Waals surface area (Å²) in [6.07, 6.45) is 7.01. The van der Waals surface area contributed by atoms with Gasteiger partial charge in [-0.1, -0.05) is 108 Å².